The predicted octanol–water partition coefficient (Wildman–Crippen LogP) is 1.73. The lowest BCUT2D eigenvalue weighted by atomic mass is 9.89. The fourth-order valence-electron chi connectivity index (χ4n) is 2.03. The number of carbonyl (C=O) groups excluding carboxylic acids is 1. The Balaban J connectivity index is 2.46. The molecule has 0 bridgehead atoms. The summed E-state index contributed by atoms with van der Waals surface area (Å²) in [7, 11) is 1.66. The van der Waals surface area contributed by atoms with Gasteiger partial charge >= 0.3 is 0 Å². The Labute approximate surface area is 121 Å². The molecule has 0 aliphatic heterocycles. The Morgan fingerprint density at radius 3 is 2.40 bits per heavy atom. The van der Waals surface area contributed by atoms with E-state index in [0.717, 1.165) is 5.56 Å². The first kappa shape index (κ1) is 16.7. The minimum atomic E-state index is -0.533. The topological polar surface area (TPSA) is 64.3 Å². The second-order valence-corrected chi connectivity index (χ2v) is 6.13. The number of methoxy groups -OCH3 is 1. The smallest absolute Gasteiger partial charge is 0.237 e. The second-order valence-electron chi connectivity index (χ2n) is 6.13. The average molecular weight is 278 g/mol. The van der Waals surface area contributed by atoms with Crippen molar-refractivity contribution in [3.8, 4) is 0 Å². The molecule has 1 aromatic carbocycles. The first-order valence-electron chi connectivity index (χ1n) is 6.94. The van der Waals surface area contributed by atoms with Crippen molar-refractivity contribution < 1.29 is 9.53 Å². The summed E-state index contributed by atoms with van der Waals surface area (Å²) in [5, 5.41) is 2.87. The van der Waals surface area contributed by atoms with Crippen LogP contribution < -0.4 is 11.1 Å². The normalized spacial score (nSPS) is 14.7. The quantitative estimate of drug-likeness (QED) is 0.833. The second kappa shape index (κ2) is 7.41. The fourth-order valence-corrected chi connectivity index (χ4v) is 2.03. The molecule has 0 aliphatic rings. The van der Waals surface area contributed by atoms with Crippen molar-refractivity contribution in [2.24, 2.45) is 11.1 Å². The molecule has 0 aliphatic carbocycles. The summed E-state index contributed by atoms with van der Waals surface area (Å²) in [5.41, 5.74) is 6.97. The van der Waals surface area contributed by atoms with Crippen LogP contribution in [0, 0.1) is 5.41 Å². The molecule has 0 saturated carbocycles. The van der Waals surface area contributed by atoms with Gasteiger partial charge in [-0.2, -0.15) is 0 Å². The van der Waals surface area contributed by atoms with Gasteiger partial charge in [-0.15, -0.1) is 0 Å². The molecule has 20 heavy (non-hydrogen) atoms. The lowest BCUT2D eigenvalue weighted by molar-refractivity contribution is -0.123. The molecule has 4 nitrogen and oxygen atoms in total. The van der Waals surface area contributed by atoms with Crippen molar-refractivity contribution in [2.45, 2.75) is 39.3 Å². The van der Waals surface area contributed by atoms with Gasteiger partial charge in [-0.25, -0.2) is 0 Å². The molecule has 3 N–H and O–H groups in total. The van der Waals surface area contributed by atoms with Gasteiger partial charge in [0.2, 0.25) is 5.91 Å². The molecule has 2 atom stereocenters. The first-order chi connectivity index (χ1) is 9.34. The summed E-state index contributed by atoms with van der Waals surface area (Å²) in [5.74, 6) is -0.139. The van der Waals surface area contributed by atoms with Crippen LogP contribution in [0.25, 0.3) is 0 Å². The van der Waals surface area contributed by atoms with Gasteiger partial charge < -0.3 is 15.8 Å². The van der Waals surface area contributed by atoms with E-state index in [2.05, 4.69) is 26.1 Å². The summed E-state index contributed by atoms with van der Waals surface area (Å²) in [6, 6.07) is 9.25. The number of ether oxygens (including phenoxy) is 1. The van der Waals surface area contributed by atoms with Crippen LogP contribution in [0.3, 0.4) is 0 Å². The predicted molar refractivity (Wildman–Crippen MR) is 81.4 cm³/mol. The number of nitrogens with two attached hydrogens (primary N) is 1. The molecule has 112 valence electrons. The van der Waals surface area contributed by atoms with Crippen molar-refractivity contribution >= 4 is 5.91 Å². The molecule has 0 heterocycles. The summed E-state index contributed by atoms with van der Waals surface area (Å²) in [6.07, 6.45) is 0.509. The van der Waals surface area contributed by atoms with E-state index in [1.165, 1.54) is 0 Å². The van der Waals surface area contributed by atoms with E-state index >= 15 is 0 Å². The third-order valence-corrected chi connectivity index (χ3v) is 3.35. The van der Waals surface area contributed by atoms with E-state index in [9.17, 15) is 4.79 Å². The van der Waals surface area contributed by atoms with E-state index in [-0.39, 0.29) is 17.4 Å². The molecule has 0 radical (unpaired) electrons. The zero-order chi connectivity index (χ0) is 15.2. The van der Waals surface area contributed by atoms with Crippen LogP contribution in [0.5, 0.6) is 0 Å². The fraction of sp³-hybridized carbons (Fsp3) is 0.562. The van der Waals surface area contributed by atoms with Gasteiger partial charge in [-0.1, -0.05) is 51.1 Å². The SMILES string of the molecule is COC(CNC(=O)[C@@H](N)Cc1ccccc1)C(C)(C)C. The van der Waals surface area contributed by atoms with Crippen LogP contribution in [0.1, 0.15) is 26.3 Å². The molecule has 1 aromatic rings. The minimum absolute atomic E-state index is 0.0223. The summed E-state index contributed by atoms with van der Waals surface area (Å²) in [6.45, 7) is 6.72. The largest absolute Gasteiger partial charge is 0.379 e. The van der Waals surface area contributed by atoms with Gasteiger partial charge in [0.1, 0.15) is 0 Å². The number of nitrogens with one attached hydrogen (secondary N) is 1. The van der Waals surface area contributed by atoms with E-state index in [0.29, 0.717) is 13.0 Å². The van der Waals surface area contributed by atoms with Crippen LogP contribution in [0.4, 0.5) is 0 Å². The highest BCUT2D eigenvalue weighted by atomic mass is 16.5. The molecular formula is C16H26N2O2. The Bertz CT molecular complexity index is 412. The van der Waals surface area contributed by atoms with Crippen LogP contribution in [-0.4, -0.2) is 31.7 Å². The number of amides is 1. The average Bonchev–Trinajstić information content (AvgIpc) is 2.38. The van der Waals surface area contributed by atoms with E-state index in [1.54, 1.807) is 7.11 Å². The molecule has 1 rings (SSSR count). The minimum Gasteiger partial charge on any atom is -0.379 e. The summed E-state index contributed by atoms with van der Waals surface area (Å²) < 4.78 is 5.41. The van der Waals surface area contributed by atoms with Crippen molar-refractivity contribution in [1.29, 1.82) is 0 Å². The Morgan fingerprint density at radius 1 is 1.30 bits per heavy atom. The third-order valence-electron chi connectivity index (χ3n) is 3.35. The maximum atomic E-state index is 12.0. The van der Waals surface area contributed by atoms with E-state index in [1.807, 2.05) is 30.3 Å². The van der Waals surface area contributed by atoms with Gasteiger partial charge in [0.05, 0.1) is 12.1 Å². The maximum Gasteiger partial charge on any atom is 0.237 e. The number of benzene rings is 1. The number of hydrogen-bond acceptors (Lipinski definition) is 3. The standard InChI is InChI=1S/C16H26N2O2/c1-16(2,3)14(20-4)11-18-15(19)13(17)10-12-8-6-5-7-9-12/h5-9,13-14H,10-11,17H2,1-4H3,(H,18,19)/t13-,14?/m0/s1. The van der Waals surface area contributed by atoms with Crippen LogP contribution >= 0.6 is 0 Å². The molecule has 0 spiro atoms. The lowest BCUT2D eigenvalue weighted by Gasteiger charge is -2.29. The van der Waals surface area contributed by atoms with Crippen molar-refractivity contribution in [3.05, 3.63) is 35.9 Å². The zero-order valence-corrected chi connectivity index (χ0v) is 12.8. The molecular weight excluding hydrogens is 252 g/mol. The zero-order valence-electron chi connectivity index (χ0n) is 12.8. The highest BCUT2D eigenvalue weighted by molar-refractivity contribution is 5.81. The van der Waals surface area contributed by atoms with E-state index < -0.39 is 6.04 Å². The van der Waals surface area contributed by atoms with Crippen molar-refractivity contribution in [1.82, 2.24) is 5.32 Å². The molecule has 0 aromatic heterocycles. The van der Waals surface area contributed by atoms with Gasteiger partial charge in [0.25, 0.3) is 0 Å². The van der Waals surface area contributed by atoms with Crippen molar-refractivity contribution in [3.63, 3.8) is 0 Å². The molecule has 1 unspecified atom stereocenters. The van der Waals surface area contributed by atoms with Crippen LogP contribution in [0.2, 0.25) is 0 Å². The third kappa shape index (κ3) is 5.31. The Kier molecular flexibility index (Phi) is 6.17. The lowest BCUT2D eigenvalue weighted by Crippen LogP contribution is -2.47. The Morgan fingerprint density at radius 2 is 1.90 bits per heavy atom. The molecule has 0 fully saturated rings. The van der Waals surface area contributed by atoms with Gasteiger partial charge in [0, 0.05) is 13.7 Å². The highest BCUT2D eigenvalue weighted by Crippen LogP contribution is 2.20. The Hall–Kier alpha value is -1.39. The van der Waals surface area contributed by atoms with Gasteiger partial charge in [-0.05, 0) is 17.4 Å². The summed E-state index contributed by atoms with van der Waals surface area (Å²) in [4.78, 5) is 12.0. The number of hydrogen-bond donors (Lipinski definition) is 2. The van der Waals surface area contributed by atoms with Crippen molar-refractivity contribution in [2.75, 3.05) is 13.7 Å². The molecule has 1 amide bonds. The monoisotopic (exact) mass is 278 g/mol. The number of carbonyl (C=O) groups is 1. The highest BCUT2D eigenvalue weighted by Gasteiger charge is 2.25. The first-order valence-corrected chi connectivity index (χ1v) is 6.94. The number of rotatable bonds is 6. The van der Waals surface area contributed by atoms with Gasteiger partial charge in [0.15, 0.2) is 0 Å². The molecule has 0 saturated heterocycles. The summed E-state index contributed by atoms with van der Waals surface area (Å²) >= 11 is 0. The van der Waals surface area contributed by atoms with E-state index in [4.69, 9.17) is 10.5 Å². The van der Waals surface area contributed by atoms with Gasteiger partial charge in [-0.3, -0.25) is 4.79 Å². The van der Waals surface area contributed by atoms with Crippen LogP contribution in [-0.2, 0) is 16.0 Å². The maximum absolute atomic E-state index is 12.0. The molecule has 4 heteroatoms. The van der Waals surface area contributed by atoms with Crippen LogP contribution in [0.15, 0.2) is 30.3 Å².